The number of thiocarbonyl (C=S) groups is 1. The number of pyridine rings is 1. The normalized spacial score (nSPS) is 19.1. The molecule has 0 spiro atoms. The molecule has 1 saturated heterocycles. The molecule has 5 heteroatoms. The highest BCUT2D eigenvalue weighted by Gasteiger charge is 2.39. The van der Waals surface area contributed by atoms with Gasteiger partial charge in [0.15, 0.2) is 5.11 Å². The van der Waals surface area contributed by atoms with Gasteiger partial charge in [0.2, 0.25) is 0 Å². The molecular formula is C23H26N4S. The topological polar surface area (TPSA) is 33.1 Å². The Labute approximate surface area is 172 Å². The molecule has 1 N–H and O–H groups in total. The number of rotatable bonds is 4. The Morgan fingerprint density at radius 1 is 1.11 bits per heavy atom. The van der Waals surface area contributed by atoms with Crippen LogP contribution in [0.4, 0.5) is 0 Å². The first-order valence-corrected chi connectivity index (χ1v) is 10.1. The zero-order valence-electron chi connectivity index (χ0n) is 16.8. The fraction of sp³-hybridized carbons (Fsp3) is 0.304. The molecule has 1 aliphatic rings. The van der Waals surface area contributed by atoms with Crippen LogP contribution in [0.1, 0.15) is 47.2 Å². The molecule has 4 nitrogen and oxygen atoms in total. The van der Waals surface area contributed by atoms with E-state index in [1.54, 1.807) is 0 Å². The lowest BCUT2D eigenvalue weighted by Crippen LogP contribution is -2.25. The third kappa shape index (κ3) is 3.10. The van der Waals surface area contributed by atoms with Crippen molar-refractivity contribution in [2.45, 2.75) is 39.3 Å². The molecule has 0 radical (unpaired) electrons. The molecule has 1 aromatic carbocycles. The summed E-state index contributed by atoms with van der Waals surface area (Å²) in [5.74, 6) is 0. The molecule has 28 heavy (non-hydrogen) atoms. The average Bonchev–Trinajstić information content (AvgIpc) is 3.17. The molecule has 2 aromatic heterocycles. The second-order valence-corrected chi connectivity index (χ2v) is 7.81. The fourth-order valence-corrected chi connectivity index (χ4v) is 4.45. The van der Waals surface area contributed by atoms with E-state index in [9.17, 15) is 0 Å². The average molecular weight is 391 g/mol. The van der Waals surface area contributed by atoms with Crippen molar-refractivity contribution in [3.8, 4) is 5.69 Å². The maximum atomic E-state index is 5.58. The summed E-state index contributed by atoms with van der Waals surface area (Å²) in [6.45, 7) is 6.55. The quantitative estimate of drug-likeness (QED) is 0.657. The van der Waals surface area contributed by atoms with Crippen molar-refractivity contribution < 1.29 is 0 Å². The van der Waals surface area contributed by atoms with Crippen molar-refractivity contribution in [3.63, 3.8) is 0 Å². The van der Waals surface area contributed by atoms with E-state index < -0.39 is 0 Å². The van der Waals surface area contributed by atoms with Crippen LogP contribution in [0.5, 0.6) is 0 Å². The number of benzene rings is 1. The highest BCUT2D eigenvalue weighted by Crippen LogP contribution is 2.40. The van der Waals surface area contributed by atoms with Gasteiger partial charge in [0.05, 0.1) is 17.8 Å². The van der Waals surface area contributed by atoms with Crippen LogP contribution in [-0.4, -0.2) is 26.6 Å². The molecular weight excluding hydrogens is 364 g/mol. The van der Waals surface area contributed by atoms with Gasteiger partial charge >= 0.3 is 0 Å². The summed E-state index contributed by atoms with van der Waals surface area (Å²) in [6, 6.07) is 17.3. The molecule has 0 bridgehead atoms. The Bertz CT molecular complexity index is 991. The summed E-state index contributed by atoms with van der Waals surface area (Å²) in [7, 11) is 2.06. The van der Waals surface area contributed by atoms with Crippen LogP contribution in [-0.2, 0) is 6.42 Å². The summed E-state index contributed by atoms with van der Waals surface area (Å²) in [5.41, 5.74) is 7.31. The standard InChI is InChI=1S/C23H26N4S/c1-5-17-9-11-18(12-10-17)27-15(2)14-19(16(27)3)22-21(25-23(28)26(22)4)20-8-6-7-13-24-20/h6-14,21-22H,5H2,1-4H3,(H,25,28)/t21-,22-/m1/s1. The van der Waals surface area contributed by atoms with E-state index in [1.807, 2.05) is 18.3 Å². The number of aryl methyl sites for hydroxylation is 2. The zero-order valence-corrected chi connectivity index (χ0v) is 17.6. The molecule has 1 fully saturated rings. The molecule has 0 saturated carbocycles. The summed E-state index contributed by atoms with van der Waals surface area (Å²) in [5, 5.41) is 4.23. The predicted octanol–water partition coefficient (Wildman–Crippen LogP) is 4.65. The number of hydrogen-bond donors (Lipinski definition) is 1. The highest BCUT2D eigenvalue weighted by molar-refractivity contribution is 7.80. The molecule has 3 aromatic rings. The molecule has 2 atom stereocenters. The minimum atomic E-state index is 0.0371. The van der Waals surface area contributed by atoms with Gasteiger partial charge in [0, 0.05) is 30.3 Å². The Balaban J connectivity index is 1.78. The Morgan fingerprint density at radius 2 is 1.86 bits per heavy atom. The minimum Gasteiger partial charge on any atom is -0.352 e. The van der Waals surface area contributed by atoms with E-state index in [4.69, 9.17) is 12.2 Å². The van der Waals surface area contributed by atoms with Gasteiger partial charge in [0.25, 0.3) is 0 Å². The van der Waals surface area contributed by atoms with Gasteiger partial charge in [-0.2, -0.15) is 0 Å². The Hall–Kier alpha value is -2.66. The van der Waals surface area contributed by atoms with E-state index in [2.05, 4.69) is 84.0 Å². The monoisotopic (exact) mass is 390 g/mol. The van der Waals surface area contributed by atoms with Crippen molar-refractivity contribution in [2.24, 2.45) is 0 Å². The molecule has 4 rings (SSSR count). The van der Waals surface area contributed by atoms with Gasteiger partial charge in [-0.05, 0) is 73.9 Å². The molecule has 3 heterocycles. The first-order chi connectivity index (χ1) is 13.5. The predicted molar refractivity (Wildman–Crippen MR) is 118 cm³/mol. The van der Waals surface area contributed by atoms with Gasteiger partial charge in [-0.3, -0.25) is 4.98 Å². The SMILES string of the molecule is CCc1ccc(-n2c(C)cc([C@@H]3[C@@H](c4ccccn4)NC(=S)N3C)c2C)cc1. The number of aromatic nitrogens is 2. The van der Waals surface area contributed by atoms with Crippen LogP contribution in [0.25, 0.3) is 5.69 Å². The van der Waals surface area contributed by atoms with Crippen molar-refractivity contribution in [1.29, 1.82) is 0 Å². The highest BCUT2D eigenvalue weighted by atomic mass is 32.1. The first-order valence-electron chi connectivity index (χ1n) is 9.73. The van der Waals surface area contributed by atoms with Crippen molar-refractivity contribution >= 4 is 17.3 Å². The lowest BCUT2D eigenvalue weighted by molar-refractivity contribution is 0.367. The number of likely N-dealkylation sites (N-methyl/N-ethyl adjacent to an activating group) is 1. The zero-order chi connectivity index (χ0) is 19.8. The summed E-state index contributed by atoms with van der Waals surface area (Å²) < 4.78 is 2.33. The van der Waals surface area contributed by atoms with E-state index >= 15 is 0 Å². The smallest absolute Gasteiger partial charge is 0.169 e. The summed E-state index contributed by atoms with van der Waals surface area (Å²) >= 11 is 5.58. The summed E-state index contributed by atoms with van der Waals surface area (Å²) in [4.78, 5) is 6.74. The van der Waals surface area contributed by atoms with Crippen LogP contribution in [0.15, 0.2) is 54.7 Å². The maximum Gasteiger partial charge on any atom is 0.169 e. The first kappa shape index (κ1) is 18.7. The number of hydrogen-bond acceptors (Lipinski definition) is 2. The van der Waals surface area contributed by atoms with Crippen LogP contribution in [0, 0.1) is 13.8 Å². The fourth-order valence-electron chi connectivity index (χ4n) is 4.21. The van der Waals surface area contributed by atoms with Gasteiger partial charge in [-0.15, -0.1) is 0 Å². The third-order valence-corrected chi connectivity index (χ3v) is 6.14. The molecule has 1 aliphatic heterocycles. The minimum absolute atomic E-state index is 0.0371. The Morgan fingerprint density at radius 3 is 2.50 bits per heavy atom. The third-order valence-electron chi connectivity index (χ3n) is 5.73. The lowest BCUT2D eigenvalue weighted by atomic mass is 9.97. The van der Waals surface area contributed by atoms with E-state index in [0.29, 0.717) is 0 Å². The van der Waals surface area contributed by atoms with E-state index in [-0.39, 0.29) is 12.1 Å². The Kier molecular flexibility index (Phi) is 4.94. The van der Waals surface area contributed by atoms with Crippen molar-refractivity contribution in [2.75, 3.05) is 7.05 Å². The molecule has 0 unspecified atom stereocenters. The largest absolute Gasteiger partial charge is 0.352 e. The molecule has 0 aliphatic carbocycles. The maximum absolute atomic E-state index is 5.58. The van der Waals surface area contributed by atoms with Gasteiger partial charge in [0.1, 0.15) is 0 Å². The number of nitrogens with one attached hydrogen (secondary N) is 1. The van der Waals surface area contributed by atoms with Gasteiger partial charge in [-0.25, -0.2) is 0 Å². The number of nitrogens with zero attached hydrogens (tertiary/aromatic N) is 3. The van der Waals surface area contributed by atoms with Crippen molar-refractivity contribution in [3.05, 3.63) is 82.9 Å². The molecule has 144 valence electrons. The second kappa shape index (κ2) is 7.40. The van der Waals surface area contributed by atoms with Gasteiger partial charge < -0.3 is 14.8 Å². The van der Waals surface area contributed by atoms with E-state index in [1.165, 1.54) is 28.2 Å². The molecule has 0 amide bonds. The summed E-state index contributed by atoms with van der Waals surface area (Å²) in [6.07, 6.45) is 2.89. The van der Waals surface area contributed by atoms with Crippen LogP contribution >= 0.6 is 12.2 Å². The second-order valence-electron chi connectivity index (χ2n) is 7.42. The van der Waals surface area contributed by atoms with Gasteiger partial charge in [-0.1, -0.05) is 25.1 Å². The lowest BCUT2D eigenvalue weighted by Gasteiger charge is -2.24. The van der Waals surface area contributed by atoms with Crippen LogP contribution in [0.2, 0.25) is 0 Å². The van der Waals surface area contributed by atoms with E-state index in [0.717, 1.165) is 17.2 Å². The van der Waals surface area contributed by atoms with Crippen LogP contribution in [0.3, 0.4) is 0 Å². The van der Waals surface area contributed by atoms with Crippen LogP contribution < -0.4 is 5.32 Å². The van der Waals surface area contributed by atoms with Crippen molar-refractivity contribution in [1.82, 2.24) is 19.8 Å².